The summed E-state index contributed by atoms with van der Waals surface area (Å²) in [5.41, 5.74) is 2.19. The third kappa shape index (κ3) is 5.16. The molecule has 30 heavy (non-hydrogen) atoms. The molecule has 0 fully saturated rings. The Bertz CT molecular complexity index is 914. The molecule has 1 aromatic carbocycles. The van der Waals surface area contributed by atoms with Crippen LogP contribution >= 0.6 is 11.6 Å². The molecule has 0 saturated carbocycles. The minimum absolute atomic E-state index is 0.0738. The van der Waals surface area contributed by atoms with E-state index in [1.165, 1.54) is 18.2 Å². The highest BCUT2D eigenvalue weighted by atomic mass is 35.5. The smallest absolute Gasteiger partial charge is 0.318 e. The van der Waals surface area contributed by atoms with E-state index in [2.05, 4.69) is 20.6 Å². The van der Waals surface area contributed by atoms with Gasteiger partial charge in [0, 0.05) is 12.7 Å². The van der Waals surface area contributed by atoms with Crippen LogP contribution < -0.4 is 10.6 Å². The molecule has 1 unspecified atom stereocenters. The quantitative estimate of drug-likeness (QED) is 0.551. The van der Waals surface area contributed by atoms with Gasteiger partial charge in [-0.25, -0.2) is 19.2 Å². The molecule has 8 nitrogen and oxygen atoms in total. The van der Waals surface area contributed by atoms with Gasteiger partial charge in [-0.05, 0) is 43.5 Å². The Balaban J connectivity index is 1.69. The van der Waals surface area contributed by atoms with Crippen molar-refractivity contribution < 1.29 is 19.4 Å². The number of nitrogens with one attached hydrogen (secondary N) is 2. The monoisotopic (exact) mass is 437 g/mol. The third-order valence-electron chi connectivity index (χ3n) is 5.14. The topological polar surface area (TPSA) is 111 Å². The molecule has 3 rings (SSSR count). The van der Waals surface area contributed by atoms with E-state index in [0.717, 1.165) is 11.3 Å². The summed E-state index contributed by atoms with van der Waals surface area (Å²) in [5, 5.41) is 25.1. The fraction of sp³-hybridized carbons (Fsp3) is 0.450. The maximum absolute atomic E-state index is 13.4. The summed E-state index contributed by atoms with van der Waals surface area (Å²) in [6, 6.07) is 2.75. The molecular weight excluding hydrogens is 413 g/mol. The van der Waals surface area contributed by atoms with Crippen molar-refractivity contribution in [3.05, 3.63) is 52.1 Å². The van der Waals surface area contributed by atoms with Crippen molar-refractivity contribution in [3.8, 4) is 0 Å². The molecule has 3 atom stereocenters. The van der Waals surface area contributed by atoms with Gasteiger partial charge in [0.2, 0.25) is 5.95 Å². The van der Waals surface area contributed by atoms with Gasteiger partial charge in [0.15, 0.2) is 0 Å². The van der Waals surface area contributed by atoms with Crippen LogP contribution in [0.25, 0.3) is 0 Å². The number of nitrogens with zero attached hydrogens (tertiary/aromatic N) is 3. The Labute approximate surface area is 179 Å². The molecule has 2 aromatic rings. The maximum atomic E-state index is 13.4. The van der Waals surface area contributed by atoms with Gasteiger partial charge in [0.05, 0.1) is 42.1 Å². The number of hydrogen-bond acceptors (Lipinski definition) is 6. The third-order valence-corrected chi connectivity index (χ3v) is 5.43. The number of aliphatic hydroxyl groups excluding tert-OH is 2. The van der Waals surface area contributed by atoms with E-state index in [4.69, 9.17) is 11.6 Å². The fourth-order valence-electron chi connectivity index (χ4n) is 3.07. The second kappa shape index (κ2) is 9.55. The first-order valence-corrected chi connectivity index (χ1v) is 10.1. The Morgan fingerprint density at radius 3 is 2.83 bits per heavy atom. The van der Waals surface area contributed by atoms with E-state index in [1.54, 1.807) is 18.0 Å². The van der Waals surface area contributed by atoms with Crippen molar-refractivity contribution in [1.29, 1.82) is 0 Å². The van der Waals surface area contributed by atoms with Crippen LogP contribution in [0.1, 0.15) is 36.7 Å². The van der Waals surface area contributed by atoms with Crippen molar-refractivity contribution in [3.63, 3.8) is 0 Å². The van der Waals surface area contributed by atoms with E-state index >= 15 is 0 Å². The number of fused-ring (bicyclic) bond motifs is 1. The number of carbonyl (C=O) groups is 1. The molecule has 0 spiro atoms. The molecule has 1 aliphatic heterocycles. The number of amides is 2. The number of aliphatic hydroxyl groups is 2. The fourth-order valence-corrected chi connectivity index (χ4v) is 3.26. The van der Waals surface area contributed by atoms with Crippen LogP contribution in [0.5, 0.6) is 0 Å². The van der Waals surface area contributed by atoms with Gasteiger partial charge >= 0.3 is 6.03 Å². The molecule has 0 radical (unpaired) electrons. The summed E-state index contributed by atoms with van der Waals surface area (Å²) in [4.78, 5) is 23.1. The number of halogens is 2. The van der Waals surface area contributed by atoms with Crippen molar-refractivity contribution >= 4 is 23.6 Å². The van der Waals surface area contributed by atoms with Gasteiger partial charge < -0.3 is 25.7 Å². The maximum Gasteiger partial charge on any atom is 0.318 e. The number of urea groups is 1. The molecule has 1 aromatic heterocycles. The zero-order valence-electron chi connectivity index (χ0n) is 16.8. The van der Waals surface area contributed by atoms with E-state index in [1.807, 2.05) is 6.92 Å². The highest BCUT2D eigenvalue weighted by molar-refractivity contribution is 6.30. The molecule has 0 saturated heterocycles. The van der Waals surface area contributed by atoms with Crippen LogP contribution in [0, 0.1) is 5.82 Å². The van der Waals surface area contributed by atoms with Crippen LogP contribution in [0.4, 0.5) is 15.1 Å². The van der Waals surface area contributed by atoms with E-state index < -0.39 is 18.0 Å². The van der Waals surface area contributed by atoms with Gasteiger partial charge in [-0.3, -0.25) is 0 Å². The lowest BCUT2D eigenvalue weighted by Crippen LogP contribution is -2.45. The largest absolute Gasteiger partial charge is 0.394 e. The lowest BCUT2D eigenvalue weighted by molar-refractivity contribution is 0.176. The second-order valence-corrected chi connectivity index (χ2v) is 7.78. The summed E-state index contributed by atoms with van der Waals surface area (Å²) in [6.45, 7) is 3.90. The zero-order valence-corrected chi connectivity index (χ0v) is 17.5. The van der Waals surface area contributed by atoms with Crippen molar-refractivity contribution in [2.75, 3.05) is 18.5 Å². The van der Waals surface area contributed by atoms with Crippen LogP contribution in [-0.2, 0) is 13.0 Å². The number of anilines is 1. The summed E-state index contributed by atoms with van der Waals surface area (Å²) in [5.74, 6) is -0.177. The lowest BCUT2D eigenvalue weighted by Gasteiger charge is -2.30. The molecule has 0 aliphatic carbocycles. The predicted octanol–water partition coefficient (Wildman–Crippen LogP) is 2.25. The Kier molecular flexibility index (Phi) is 7.06. The molecular formula is C20H25ClFN5O3. The van der Waals surface area contributed by atoms with Gasteiger partial charge in [0.1, 0.15) is 5.82 Å². The average molecular weight is 438 g/mol. The number of hydrogen-bond donors (Lipinski definition) is 4. The average Bonchev–Trinajstić information content (AvgIpc) is 2.73. The van der Waals surface area contributed by atoms with Gasteiger partial charge in [-0.15, -0.1) is 0 Å². The Morgan fingerprint density at radius 1 is 1.40 bits per heavy atom. The van der Waals surface area contributed by atoms with Crippen molar-refractivity contribution in [2.24, 2.45) is 0 Å². The van der Waals surface area contributed by atoms with Crippen LogP contribution in [-0.4, -0.2) is 56.4 Å². The standard InChI is InChI=1S/C20H25ClFN5O3/c1-11(12(2)29)24-19-23-8-14-5-6-27(9-17(14)25-19)20(30)26-18(10-28)13-3-4-16(22)15(21)7-13/h3-4,7-8,11-12,18,28-29H,5-6,9-10H2,1-2H3,(H,26,30)(H,23,24,25)/t11-,12?,18+/m0/s1. The van der Waals surface area contributed by atoms with Crippen LogP contribution in [0.15, 0.2) is 24.4 Å². The van der Waals surface area contributed by atoms with Gasteiger partial charge in [-0.1, -0.05) is 17.7 Å². The van der Waals surface area contributed by atoms with Crippen LogP contribution in [0.2, 0.25) is 5.02 Å². The number of benzene rings is 1. The lowest BCUT2D eigenvalue weighted by atomic mass is 10.1. The Morgan fingerprint density at radius 2 is 2.17 bits per heavy atom. The zero-order chi connectivity index (χ0) is 21.8. The SMILES string of the molecule is CC(O)[C@H](C)Nc1ncc2c(n1)CN(C(=O)N[C@H](CO)c1ccc(F)c(Cl)c1)CC2. The molecule has 2 amide bonds. The first-order valence-electron chi connectivity index (χ1n) is 9.69. The first-order chi connectivity index (χ1) is 14.3. The second-order valence-electron chi connectivity index (χ2n) is 7.37. The van der Waals surface area contributed by atoms with E-state index in [-0.39, 0.29) is 30.2 Å². The highest BCUT2D eigenvalue weighted by Crippen LogP contribution is 2.22. The first kappa shape index (κ1) is 22.2. The summed E-state index contributed by atoms with van der Waals surface area (Å²) < 4.78 is 13.4. The van der Waals surface area contributed by atoms with E-state index in [9.17, 15) is 19.4 Å². The Hall–Kier alpha value is -2.49. The number of rotatable bonds is 6. The van der Waals surface area contributed by atoms with Crippen molar-refractivity contribution in [1.82, 2.24) is 20.2 Å². The van der Waals surface area contributed by atoms with Crippen LogP contribution in [0.3, 0.4) is 0 Å². The molecule has 4 N–H and O–H groups in total. The minimum Gasteiger partial charge on any atom is -0.394 e. The highest BCUT2D eigenvalue weighted by Gasteiger charge is 2.25. The molecule has 0 bridgehead atoms. The minimum atomic E-state index is -0.716. The van der Waals surface area contributed by atoms with E-state index in [0.29, 0.717) is 24.5 Å². The predicted molar refractivity (Wildman–Crippen MR) is 111 cm³/mol. The van der Waals surface area contributed by atoms with Gasteiger partial charge in [0.25, 0.3) is 0 Å². The van der Waals surface area contributed by atoms with Crippen molar-refractivity contribution in [2.45, 2.75) is 45.0 Å². The molecule has 1 aliphatic rings. The molecule has 10 heteroatoms. The summed E-state index contributed by atoms with van der Waals surface area (Å²) in [7, 11) is 0. The number of carbonyl (C=O) groups excluding carboxylic acids is 1. The summed E-state index contributed by atoms with van der Waals surface area (Å²) in [6.07, 6.45) is 1.76. The summed E-state index contributed by atoms with van der Waals surface area (Å²) >= 11 is 5.81. The number of aromatic nitrogens is 2. The molecule has 2 heterocycles. The molecule has 162 valence electrons. The normalized spacial score (nSPS) is 16.4. The van der Waals surface area contributed by atoms with Gasteiger partial charge in [-0.2, -0.15) is 0 Å².